The van der Waals surface area contributed by atoms with E-state index in [-0.39, 0.29) is 29.4 Å². The predicted molar refractivity (Wildman–Crippen MR) is 111 cm³/mol. The van der Waals surface area contributed by atoms with Crippen LogP contribution in [0.3, 0.4) is 0 Å². The molecule has 0 spiro atoms. The maximum Gasteiger partial charge on any atom is 0.231 e. The van der Waals surface area contributed by atoms with E-state index in [0.29, 0.717) is 28.6 Å². The van der Waals surface area contributed by atoms with E-state index in [1.165, 1.54) is 25.3 Å². The molecule has 2 aromatic rings. The number of hydrogen-bond donors (Lipinski definition) is 1. The van der Waals surface area contributed by atoms with Crippen molar-refractivity contribution in [2.24, 2.45) is 0 Å². The van der Waals surface area contributed by atoms with Gasteiger partial charge in [-0.25, -0.2) is 8.42 Å². The SMILES string of the molecule is CCN1C(=O)Cc2cc(S(=O)(=O)CCC(=O)Nc3ccc(OC)c(Cl)c3)ccc21. The van der Waals surface area contributed by atoms with Gasteiger partial charge in [-0.15, -0.1) is 0 Å². The number of hydrogen-bond acceptors (Lipinski definition) is 5. The van der Waals surface area contributed by atoms with Gasteiger partial charge in [0, 0.05) is 24.3 Å². The van der Waals surface area contributed by atoms with Gasteiger partial charge in [0.15, 0.2) is 9.84 Å². The number of methoxy groups -OCH3 is 1. The Labute approximate surface area is 174 Å². The van der Waals surface area contributed by atoms with Crippen molar-refractivity contribution >= 4 is 44.6 Å². The summed E-state index contributed by atoms with van der Waals surface area (Å²) in [6, 6.07) is 9.42. The molecule has 0 unspecified atom stereocenters. The first kappa shape index (κ1) is 21.1. The second kappa shape index (κ2) is 8.42. The third-order valence-corrected chi connectivity index (χ3v) is 6.70. The summed E-state index contributed by atoms with van der Waals surface area (Å²) in [7, 11) is -2.18. The zero-order valence-corrected chi connectivity index (χ0v) is 17.6. The van der Waals surface area contributed by atoms with Gasteiger partial charge in [0.2, 0.25) is 11.8 Å². The number of amides is 2. The zero-order chi connectivity index (χ0) is 21.2. The fourth-order valence-electron chi connectivity index (χ4n) is 3.21. The number of rotatable bonds is 7. The largest absolute Gasteiger partial charge is 0.495 e. The lowest BCUT2D eigenvalue weighted by molar-refractivity contribution is -0.117. The smallest absolute Gasteiger partial charge is 0.231 e. The topological polar surface area (TPSA) is 92.8 Å². The summed E-state index contributed by atoms with van der Waals surface area (Å²) in [6.45, 7) is 2.40. The fraction of sp³-hybridized carbons (Fsp3) is 0.300. The van der Waals surface area contributed by atoms with Gasteiger partial charge >= 0.3 is 0 Å². The highest BCUT2D eigenvalue weighted by Gasteiger charge is 2.28. The van der Waals surface area contributed by atoms with Gasteiger partial charge in [-0.05, 0) is 48.9 Å². The Bertz CT molecular complexity index is 1070. The first-order valence-electron chi connectivity index (χ1n) is 9.04. The Morgan fingerprint density at radius 3 is 2.66 bits per heavy atom. The number of halogens is 1. The van der Waals surface area contributed by atoms with Crippen LogP contribution in [0, 0.1) is 0 Å². The van der Waals surface area contributed by atoms with E-state index in [1.807, 2.05) is 6.92 Å². The minimum atomic E-state index is -3.67. The average molecular weight is 437 g/mol. The van der Waals surface area contributed by atoms with Gasteiger partial charge in [-0.2, -0.15) is 0 Å². The lowest BCUT2D eigenvalue weighted by atomic mass is 10.2. The highest BCUT2D eigenvalue weighted by atomic mass is 35.5. The average Bonchev–Trinajstić information content (AvgIpc) is 3.00. The molecule has 2 amide bonds. The summed E-state index contributed by atoms with van der Waals surface area (Å²) in [5.41, 5.74) is 1.88. The molecule has 1 aliphatic heterocycles. The van der Waals surface area contributed by atoms with Crippen LogP contribution in [0.1, 0.15) is 18.9 Å². The number of nitrogens with zero attached hydrogens (tertiary/aromatic N) is 1. The van der Waals surface area contributed by atoms with Gasteiger partial charge in [0.25, 0.3) is 0 Å². The van der Waals surface area contributed by atoms with Crippen LogP contribution < -0.4 is 15.0 Å². The molecule has 3 rings (SSSR count). The Hall–Kier alpha value is -2.58. The fourth-order valence-corrected chi connectivity index (χ4v) is 4.76. The molecule has 9 heteroatoms. The third kappa shape index (κ3) is 4.54. The molecule has 0 saturated carbocycles. The van der Waals surface area contributed by atoms with E-state index in [1.54, 1.807) is 23.1 Å². The monoisotopic (exact) mass is 436 g/mol. The number of likely N-dealkylation sites (N-methyl/N-ethyl adjacent to an activating group) is 1. The second-order valence-corrected chi connectivity index (χ2v) is 9.09. The number of carbonyl (C=O) groups is 2. The molecule has 29 heavy (non-hydrogen) atoms. The highest BCUT2D eigenvalue weighted by Crippen LogP contribution is 2.31. The van der Waals surface area contributed by atoms with Gasteiger partial charge in [-0.3, -0.25) is 9.59 Å². The van der Waals surface area contributed by atoms with Crippen molar-refractivity contribution in [1.29, 1.82) is 0 Å². The maximum atomic E-state index is 12.6. The van der Waals surface area contributed by atoms with Crippen LogP contribution >= 0.6 is 11.6 Å². The lowest BCUT2D eigenvalue weighted by Gasteiger charge is -2.14. The molecular weight excluding hydrogens is 416 g/mol. The van der Waals surface area contributed by atoms with Crippen LogP contribution in [0.15, 0.2) is 41.3 Å². The minimum Gasteiger partial charge on any atom is -0.495 e. The van der Waals surface area contributed by atoms with E-state index in [9.17, 15) is 18.0 Å². The Morgan fingerprint density at radius 2 is 2.00 bits per heavy atom. The van der Waals surface area contributed by atoms with Gasteiger partial charge in [0.1, 0.15) is 5.75 Å². The molecule has 0 radical (unpaired) electrons. The highest BCUT2D eigenvalue weighted by molar-refractivity contribution is 7.91. The summed E-state index contributed by atoms with van der Waals surface area (Å²) in [5, 5.41) is 2.96. The molecule has 0 fully saturated rings. The summed E-state index contributed by atoms with van der Waals surface area (Å²) >= 11 is 6.02. The van der Waals surface area contributed by atoms with E-state index in [0.717, 1.165) is 5.69 Å². The molecule has 7 nitrogen and oxygen atoms in total. The molecule has 0 atom stereocenters. The van der Waals surface area contributed by atoms with Crippen molar-refractivity contribution in [3.63, 3.8) is 0 Å². The third-order valence-electron chi connectivity index (χ3n) is 4.69. The zero-order valence-electron chi connectivity index (χ0n) is 16.1. The summed E-state index contributed by atoms with van der Waals surface area (Å²) in [6.07, 6.45) is -0.0195. The molecule has 1 aliphatic rings. The van der Waals surface area contributed by atoms with Crippen molar-refractivity contribution in [1.82, 2.24) is 0 Å². The van der Waals surface area contributed by atoms with Crippen molar-refractivity contribution < 1.29 is 22.7 Å². The van der Waals surface area contributed by atoms with Crippen molar-refractivity contribution in [3.8, 4) is 5.75 Å². The second-order valence-electron chi connectivity index (χ2n) is 6.57. The number of nitrogens with one attached hydrogen (secondary N) is 1. The molecule has 0 saturated heterocycles. The Balaban J connectivity index is 1.66. The van der Waals surface area contributed by atoms with Crippen LogP contribution in [0.25, 0.3) is 0 Å². The lowest BCUT2D eigenvalue weighted by Crippen LogP contribution is -2.25. The molecule has 1 N–H and O–H groups in total. The minimum absolute atomic E-state index is 0.0467. The number of anilines is 2. The van der Waals surface area contributed by atoms with Crippen LogP contribution in [0.4, 0.5) is 11.4 Å². The molecule has 2 aromatic carbocycles. The van der Waals surface area contributed by atoms with Crippen molar-refractivity contribution in [2.45, 2.75) is 24.7 Å². The van der Waals surface area contributed by atoms with E-state index < -0.39 is 15.7 Å². The summed E-state index contributed by atoms with van der Waals surface area (Å²) < 4.78 is 30.3. The van der Waals surface area contributed by atoms with Gasteiger partial charge in [-0.1, -0.05) is 11.6 Å². The van der Waals surface area contributed by atoms with Gasteiger partial charge < -0.3 is 15.0 Å². The standard InChI is InChI=1S/C20H21ClN2O5S/c1-3-23-17-6-5-15(10-13(17)11-20(23)25)29(26,27)9-8-19(24)22-14-4-7-18(28-2)16(21)12-14/h4-7,10,12H,3,8-9,11H2,1-2H3,(H,22,24). The van der Waals surface area contributed by atoms with Crippen LogP contribution in [0.2, 0.25) is 5.02 Å². The van der Waals surface area contributed by atoms with E-state index in [4.69, 9.17) is 16.3 Å². The molecule has 0 aliphatic carbocycles. The Morgan fingerprint density at radius 1 is 1.24 bits per heavy atom. The molecule has 0 aromatic heterocycles. The van der Waals surface area contributed by atoms with Gasteiger partial charge in [0.05, 0.1) is 29.2 Å². The number of benzene rings is 2. The summed E-state index contributed by atoms with van der Waals surface area (Å²) in [4.78, 5) is 25.9. The number of fused-ring (bicyclic) bond motifs is 1. The van der Waals surface area contributed by atoms with Crippen LogP contribution in [-0.2, 0) is 25.8 Å². The van der Waals surface area contributed by atoms with E-state index >= 15 is 0 Å². The molecule has 0 bridgehead atoms. The number of sulfone groups is 1. The Kier molecular flexibility index (Phi) is 6.14. The number of carbonyl (C=O) groups excluding carboxylic acids is 2. The summed E-state index contributed by atoms with van der Waals surface area (Å²) in [5.74, 6) is -0.353. The molecule has 1 heterocycles. The molecular formula is C20H21ClN2O5S. The predicted octanol–water partition coefficient (Wildman–Crippen LogP) is 3.06. The maximum absolute atomic E-state index is 12.6. The quantitative estimate of drug-likeness (QED) is 0.720. The first-order chi connectivity index (χ1) is 13.7. The van der Waals surface area contributed by atoms with E-state index in [2.05, 4.69) is 5.32 Å². The first-order valence-corrected chi connectivity index (χ1v) is 11.1. The van der Waals surface area contributed by atoms with Crippen LogP contribution in [0.5, 0.6) is 5.75 Å². The normalized spacial score (nSPS) is 13.3. The number of ether oxygens (including phenoxy) is 1. The van der Waals surface area contributed by atoms with Crippen LogP contribution in [-0.4, -0.2) is 39.6 Å². The van der Waals surface area contributed by atoms with Crippen molar-refractivity contribution in [3.05, 3.63) is 47.0 Å². The molecule has 154 valence electrons. The van der Waals surface area contributed by atoms with Crippen molar-refractivity contribution in [2.75, 3.05) is 29.6 Å².